The SMILES string of the molecule is Cc1cc(Nc2ncc(Cl)c(Nc3ccccc3S(=O)(=O)C(C)C)n2)c(OC(C)C)cc1C1CCN(CCN2CCN(c3cc4c(cc3F)C(=O)N(C3CCC(=O)NC3=O)C4=O)CC2)CC1. The van der Waals surface area contributed by atoms with Crippen LogP contribution in [0.3, 0.4) is 0 Å². The van der Waals surface area contributed by atoms with E-state index in [-0.39, 0.29) is 57.4 Å². The zero-order valence-corrected chi connectivity index (χ0v) is 39.3. The number of para-hydroxylation sites is 1. The highest BCUT2D eigenvalue weighted by atomic mass is 35.5. The smallest absolute Gasteiger partial charge is 0.262 e. The summed E-state index contributed by atoms with van der Waals surface area (Å²) in [5.41, 5.74) is 3.63. The Bertz CT molecular complexity index is 2670. The van der Waals surface area contributed by atoms with Gasteiger partial charge in [0.25, 0.3) is 11.8 Å². The predicted molar refractivity (Wildman–Crippen MR) is 249 cm³/mol. The minimum absolute atomic E-state index is 0.00979. The Balaban J connectivity index is 0.857. The standard InChI is InChI=1S/C47H55ClFN9O7S/c1-27(2)65-40-25-31(29(5)22-37(40)52-47-50-26-34(48)43(54-47)51-36-8-6-7-9-41(36)66(63,64)28(3)4)30-12-14-55(15-13-30)16-17-56-18-20-57(21-19-56)39-24-33-32(23-35(39)49)45(61)58(46(33)62)38-10-11-42(59)53-44(38)60/h6-9,22-28,30,38H,10-21H2,1-5H3,(H,53,59,60)(H2,50,51,52,54). The zero-order valence-electron chi connectivity index (χ0n) is 37.7. The lowest BCUT2D eigenvalue weighted by atomic mass is 9.86. The minimum atomic E-state index is -3.59. The molecule has 0 saturated carbocycles. The molecule has 350 valence electrons. The van der Waals surface area contributed by atoms with Gasteiger partial charge in [-0.2, -0.15) is 4.98 Å². The van der Waals surface area contributed by atoms with Gasteiger partial charge in [-0.15, -0.1) is 0 Å². The number of piperidine rings is 2. The highest BCUT2D eigenvalue weighted by molar-refractivity contribution is 7.92. The van der Waals surface area contributed by atoms with Crippen LogP contribution in [0.25, 0.3) is 0 Å². The van der Waals surface area contributed by atoms with Crippen molar-refractivity contribution in [3.8, 4) is 5.75 Å². The fraction of sp³-hybridized carbons (Fsp3) is 0.447. The van der Waals surface area contributed by atoms with Crippen LogP contribution in [-0.2, 0) is 19.4 Å². The average Bonchev–Trinajstić information content (AvgIpc) is 3.52. The number of benzene rings is 3. The van der Waals surface area contributed by atoms with Crippen LogP contribution in [0.4, 0.5) is 33.2 Å². The molecule has 3 N–H and O–H groups in total. The van der Waals surface area contributed by atoms with Crippen molar-refractivity contribution in [2.45, 2.75) is 88.5 Å². The fourth-order valence-electron chi connectivity index (χ4n) is 9.11. The molecule has 5 heterocycles. The van der Waals surface area contributed by atoms with E-state index in [1.54, 1.807) is 38.1 Å². The van der Waals surface area contributed by atoms with E-state index in [1.165, 1.54) is 17.8 Å². The monoisotopic (exact) mass is 943 g/mol. The van der Waals surface area contributed by atoms with Crippen LogP contribution in [0.2, 0.25) is 5.02 Å². The lowest BCUT2D eigenvalue weighted by molar-refractivity contribution is -0.136. The van der Waals surface area contributed by atoms with Gasteiger partial charge in [0.05, 0.1) is 50.6 Å². The number of carbonyl (C=O) groups excluding carboxylic acids is 4. The predicted octanol–water partition coefficient (Wildman–Crippen LogP) is 6.44. The minimum Gasteiger partial charge on any atom is -0.489 e. The summed E-state index contributed by atoms with van der Waals surface area (Å²) in [4.78, 5) is 67.4. The second-order valence-corrected chi connectivity index (χ2v) is 20.7. The Hall–Kier alpha value is -5.69. The molecule has 3 fully saturated rings. The number of nitrogens with one attached hydrogen (secondary N) is 3. The largest absolute Gasteiger partial charge is 0.489 e. The maximum atomic E-state index is 15.5. The molecule has 4 aromatic rings. The van der Waals surface area contributed by atoms with Crippen LogP contribution in [-0.4, -0.2) is 126 Å². The molecule has 3 saturated heterocycles. The number of sulfone groups is 1. The first-order chi connectivity index (χ1) is 31.5. The first-order valence-electron chi connectivity index (χ1n) is 22.4. The third-order valence-corrected chi connectivity index (χ3v) is 15.3. The summed E-state index contributed by atoms with van der Waals surface area (Å²) >= 11 is 6.52. The lowest BCUT2D eigenvalue weighted by Crippen LogP contribution is -2.54. The molecule has 3 aromatic carbocycles. The van der Waals surface area contributed by atoms with Gasteiger partial charge < -0.3 is 25.2 Å². The van der Waals surface area contributed by atoms with Crippen molar-refractivity contribution in [3.63, 3.8) is 0 Å². The van der Waals surface area contributed by atoms with Gasteiger partial charge in [0.2, 0.25) is 17.8 Å². The number of amides is 4. The van der Waals surface area contributed by atoms with Crippen LogP contribution >= 0.6 is 11.6 Å². The number of aromatic nitrogens is 2. The molecule has 0 spiro atoms. The number of hydrogen-bond acceptors (Lipinski definition) is 14. The topological polar surface area (TPSA) is 186 Å². The Morgan fingerprint density at radius 1 is 0.864 bits per heavy atom. The van der Waals surface area contributed by atoms with Crippen LogP contribution in [0.1, 0.15) is 91.1 Å². The molecule has 66 heavy (non-hydrogen) atoms. The molecule has 0 bridgehead atoms. The number of hydrogen-bond donors (Lipinski definition) is 3. The highest BCUT2D eigenvalue weighted by Crippen LogP contribution is 2.39. The summed E-state index contributed by atoms with van der Waals surface area (Å²) in [5, 5.41) is 8.22. The number of imide groups is 2. The first-order valence-corrected chi connectivity index (χ1v) is 24.4. The van der Waals surface area contributed by atoms with Gasteiger partial charge in [0.1, 0.15) is 22.6 Å². The summed E-state index contributed by atoms with van der Waals surface area (Å²) in [7, 11) is -3.59. The van der Waals surface area contributed by atoms with Crippen LogP contribution in [0, 0.1) is 12.7 Å². The number of halogens is 2. The number of rotatable bonds is 14. The number of aryl methyl sites for hydroxylation is 1. The fourth-order valence-corrected chi connectivity index (χ4v) is 10.5. The van der Waals surface area contributed by atoms with Gasteiger partial charge >= 0.3 is 0 Å². The molecule has 8 rings (SSSR count). The second-order valence-electron chi connectivity index (χ2n) is 17.8. The first kappa shape index (κ1) is 46.8. The van der Waals surface area contributed by atoms with Gasteiger partial charge in [-0.05, 0) is 120 Å². The van der Waals surface area contributed by atoms with E-state index in [4.69, 9.17) is 16.3 Å². The molecule has 19 heteroatoms. The molecule has 0 aliphatic carbocycles. The van der Waals surface area contributed by atoms with Crippen LogP contribution in [0.15, 0.2) is 59.6 Å². The molecule has 1 aromatic heterocycles. The number of likely N-dealkylation sites (tertiary alicyclic amines) is 1. The molecule has 4 aliphatic rings. The quantitative estimate of drug-likeness (QED) is 0.117. The Morgan fingerprint density at radius 2 is 1.53 bits per heavy atom. The molecular formula is C47H55ClFN9O7S. The molecular weight excluding hydrogens is 889 g/mol. The van der Waals surface area contributed by atoms with Crippen molar-refractivity contribution in [3.05, 3.63) is 87.8 Å². The molecule has 1 atom stereocenters. The normalized spacial score (nSPS) is 18.9. The summed E-state index contributed by atoms with van der Waals surface area (Å²) in [5.74, 6) is -1.63. The number of piperazine rings is 1. The number of nitrogens with zero attached hydrogens (tertiary/aromatic N) is 6. The van der Waals surface area contributed by atoms with E-state index in [2.05, 4.69) is 54.8 Å². The summed E-state index contributed by atoms with van der Waals surface area (Å²) in [6.07, 6.45) is 3.36. The average molecular weight is 945 g/mol. The maximum absolute atomic E-state index is 15.5. The van der Waals surface area contributed by atoms with E-state index < -0.39 is 50.6 Å². The van der Waals surface area contributed by atoms with Crippen molar-refractivity contribution in [2.75, 3.05) is 67.9 Å². The number of anilines is 5. The summed E-state index contributed by atoms with van der Waals surface area (Å²) < 4.78 is 48.1. The van der Waals surface area contributed by atoms with E-state index in [1.807, 2.05) is 18.7 Å². The van der Waals surface area contributed by atoms with Gasteiger partial charge in [-0.3, -0.25) is 34.3 Å². The van der Waals surface area contributed by atoms with Crippen molar-refractivity contribution in [2.24, 2.45) is 0 Å². The zero-order chi connectivity index (χ0) is 47.0. The van der Waals surface area contributed by atoms with Gasteiger partial charge in [0, 0.05) is 45.7 Å². The Kier molecular flexibility index (Phi) is 13.7. The summed E-state index contributed by atoms with van der Waals surface area (Å²) in [6.45, 7) is 15.4. The number of carbonyl (C=O) groups is 4. The molecule has 4 amide bonds. The van der Waals surface area contributed by atoms with E-state index in [9.17, 15) is 27.6 Å². The maximum Gasteiger partial charge on any atom is 0.262 e. The third-order valence-electron chi connectivity index (χ3n) is 12.8. The van der Waals surface area contributed by atoms with Crippen molar-refractivity contribution < 1.29 is 36.7 Å². The van der Waals surface area contributed by atoms with E-state index >= 15 is 4.39 Å². The van der Waals surface area contributed by atoms with E-state index in [0.29, 0.717) is 49.2 Å². The molecule has 1 unspecified atom stereocenters. The van der Waals surface area contributed by atoms with E-state index in [0.717, 1.165) is 55.6 Å². The molecule has 16 nitrogen and oxygen atoms in total. The molecule has 0 radical (unpaired) electrons. The highest BCUT2D eigenvalue weighted by Gasteiger charge is 2.45. The summed E-state index contributed by atoms with van der Waals surface area (Å²) in [6, 6.07) is 12.2. The Labute approximate surface area is 389 Å². The van der Waals surface area contributed by atoms with Gasteiger partial charge in [-0.25, -0.2) is 17.8 Å². The lowest BCUT2D eigenvalue weighted by Gasteiger charge is -2.38. The third kappa shape index (κ3) is 9.73. The van der Waals surface area contributed by atoms with Crippen molar-refractivity contribution >= 4 is 73.9 Å². The van der Waals surface area contributed by atoms with Crippen molar-refractivity contribution in [1.29, 1.82) is 0 Å². The molecule has 4 aliphatic heterocycles. The van der Waals surface area contributed by atoms with Crippen LogP contribution < -0.4 is 25.6 Å². The Morgan fingerprint density at radius 3 is 2.20 bits per heavy atom. The number of fused-ring (bicyclic) bond motifs is 1. The van der Waals surface area contributed by atoms with Gasteiger partial charge in [-0.1, -0.05) is 23.7 Å². The van der Waals surface area contributed by atoms with Crippen LogP contribution in [0.5, 0.6) is 5.75 Å². The number of ether oxygens (including phenoxy) is 1. The second kappa shape index (κ2) is 19.3. The van der Waals surface area contributed by atoms with Crippen molar-refractivity contribution in [1.82, 2.24) is 30.0 Å². The van der Waals surface area contributed by atoms with Gasteiger partial charge in [0.15, 0.2) is 15.7 Å².